The van der Waals surface area contributed by atoms with Gasteiger partial charge in [0.05, 0.1) is 0 Å². The van der Waals surface area contributed by atoms with E-state index in [2.05, 4.69) is 22.5 Å². The number of likely N-dealkylation sites (tertiary alicyclic amines) is 1. The van der Waals surface area contributed by atoms with Crippen molar-refractivity contribution in [3.05, 3.63) is 0 Å². The summed E-state index contributed by atoms with van der Waals surface area (Å²) in [7, 11) is 0. The predicted molar refractivity (Wildman–Crippen MR) is 72.6 cm³/mol. The summed E-state index contributed by atoms with van der Waals surface area (Å²) in [4.78, 5) is 13.8. The third-order valence-corrected chi connectivity index (χ3v) is 3.30. The van der Waals surface area contributed by atoms with Gasteiger partial charge in [0.1, 0.15) is 0 Å². The Balaban J connectivity index is 1.95. The molecule has 1 aliphatic heterocycles. The van der Waals surface area contributed by atoms with Crippen LogP contribution in [0.2, 0.25) is 0 Å². The van der Waals surface area contributed by atoms with Gasteiger partial charge in [-0.15, -0.1) is 0 Å². The van der Waals surface area contributed by atoms with Crippen LogP contribution in [0.5, 0.6) is 0 Å². The molecule has 0 radical (unpaired) electrons. The van der Waals surface area contributed by atoms with Crippen molar-refractivity contribution in [2.75, 3.05) is 39.3 Å². The molecule has 5 heteroatoms. The number of hydrogen-bond acceptors (Lipinski definition) is 3. The predicted octanol–water partition coefficient (Wildman–Crippen LogP) is 0.790. The fourth-order valence-corrected chi connectivity index (χ4v) is 2.34. The van der Waals surface area contributed by atoms with Gasteiger partial charge in [0, 0.05) is 26.2 Å². The van der Waals surface area contributed by atoms with Crippen LogP contribution in [0.15, 0.2) is 0 Å². The van der Waals surface area contributed by atoms with Crippen molar-refractivity contribution >= 4 is 6.03 Å². The summed E-state index contributed by atoms with van der Waals surface area (Å²) >= 11 is 0. The lowest BCUT2D eigenvalue weighted by atomic mass is 10.0. The summed E-state index contributed by atoms with van der Waals surface area (Å²) in [5.74, 6) is 0.813. The van der Waals surface area contributed by atoms with Gasteiger partial charge in [-0.05, 0) is 44.7 Å². The van der Waals surface area contributed by atoms with E-state index in [-0.39, 0.29) is 12.6 Å². The molecule has 0 spiro atoms. The van der Waals surface area contributed by atoms with Crippen molar-refractivity contribution in [1.82, 2.24) is 15.5 Å². The lowest BCUT2D eigenvalue weighted by molar-refractivity contribution is 0.181. The second kappa shape index (κ2) is 9.16. The van der Waals surface area contributed by atoms with Crippen LogP contribution in [0, 0.1) is 5.92 Å². The Morgan fingerprint density at radius 1 is 1.33 bits per heavy atom. The van der Waals surface area contributed by atoms with Gasteiger partial charge in [-0.25, -0.2) is 4.79 Å². The van der Waals surface area contributed by atoms with Crippen LogP contribution in [0.4, 0.5) is 4.79 Å². The van der Waals surface area contributed by atoms with Crippen molar-refractivity contribution in [3.8, 4) is 0 Å². The molecule has 0 saturated carbocycles. The summed E-state index contributed by atoms with van der Waals surface area (Å²) in [6, 6.07) is -0.129. The Kier molecular flexibility index (Phi) is 7.76. The van der Waals surface area contributed by atoms with Gasteiger partial charge in [0.2, 0.25) is 0 Å². The fourth-order valence-electron chi connectivity index (χ4n) is 2.34. The molecule has 1 heterocycles. The van der Waals surface area contributed by atoms with Crippen LogP contribution in [-0.2, 0) is 0 Å². The minimum Gasteiger partial charge on any atom is -0.396 e. The first-order valence-corrected chi connectivity index (χ1v) is 7.07. The Morgan fingerprint density at radius 2 is 2.06 bits per heavy atom. The van der Waals surface area contributed by atoms with Crippen LogP contribution < -0.4 is 10.6 Å². The van der Waals surface area contributed by atoms with Crippen molar-refractivity contribution in [2.24, 2.45) is 5.92 Å². The van der Waals surface area contributed by atoms with Crippen LogP contribution >= 0.6 is 0 Å². The van der Waals surface area contributed by atoms with Crippen molar-refractivity contribution in [1.29, 1.82) is 0 Å². The lowest BCUT2D eigenvalue weighted by Gasteiger charge is -2.30. The number of urea groups is 1. The standard InChI is InChI=1S/C13H27N3O2/c1-12-5-2-8-16(11-12)9-3-6-14-13(18)15-7-4-10-17/h12,17H,2-11H2,1H3,(H2,14,15,18). The molecule has 3 N–H and O–H groups in total. The van der Waals surface area contributed by atoms with E-state index in [0.29, 0.717) is 13.0 Å². The number of amides is 2. The highest BCUT2D eigenvalue weighted by atomic mass is 16.3. The topological polar surface area (TPSA) is 64.6 Å². The highest BCUT2D eigenvalue weighted by molar-refractivity contribution is 5.73. The van der Waals surface area contributed by atoms with E-state index in [1.54, 1.807) is 0 Å². The normalized spacial score (nSPS) is 20.7. The van der Waals surface area contributed by atoms with Gasteiger partial charge in [0.25, 0.3) is 0 Å². The first-order chi connectivity index (χ1) is 8.72. The number of nitrogens with zero attached hydrogens (tertiary/aromatic N) is 1. The number of nitrogens with one attached hydrogen (secondary N) is 2. The maximum absolute atomic E-state index is 11.3. The molecule has 1 fully saturated rings. The minimum absolute atomic E-state index is 0.118. The van der Waals surface area contributed by atoms with Crippen LogP contribution in [0.1, 0.15) is 32.6 Å². The average Bonchev–Trinajstić information content (AvgIpc) is 2.35. The molecule has 1 aliphatic rings. The summed E-state index contributed by atoms with van der Waals surface area (Å²) < 4.78 is 0. The van der Waals surface area contributed by atoms with Crippen molar-refractivity contribution < 1.29 is 9.90 Å². The first-order valence-electron chi connectivity index (χ1n) is 7.07. The lowest BCUT2D eigenvalue weighted by Crippen LogP contribution is -2.39. The maximum Gasteiger partial charge on any atom is 0.314 e. The molecule has 2 amide bonds. The van der Waals surface area contributed by atoms with Gasteiger partial charge in [0.15, 0.2) is 0 Å². The summed E-state index contributed by atoms with van der Waals surface area (Å²) in [5.41, 5.74) is 0. The number of hydrogen-bond donors (Lipinski definition) is 3. The molecule has 18 heavy (non-hydrogen) atoms. The average molecular weight is 257 g/mol. The van der Waals surface area contributed by atoms with Crippen LogP contribution in [0.3, 0.4) is 0 Å². The Morgan fingerprint density at radius 3 is 2.72 bits per heavy atom. The third-order valence-electron chi connectivity index (χ3n) is 3.30. The van der Waals surface area contributed by atoms with E-state index in [0.717, 1.165) is 25.4 Å². The number of carbonyl (C=O) groups is 1. The first kappa shape index (κ1) is 15.2. The summed E-state index contributed by atoms with van der Waals surface area (Å²) in [6.45, 7) is 7.14. The second-order valence-corrected chi connectivity index (χ2v) is 5.16. The number of aliphatic hydroxyl groups excluding tert-OH is 1. The smallest absolute Gasteiger partial charge is 0.314 e. The minimum atomic E-state index is -0.129. The highest BCUT2D eigenvalue weighted by Gasteiger charge is 2.15. The zero-order chi connectivity index (χ0) is 13.2. The zero-order valence-electron chi connectivity index (χ0n) is 11.5. The molecule has 106 valence electrons. The van der Waals surface area contributed by atoms with E-state index >= 15 is 0 Å². The third kappa shape index (κ3) is 6.81. The molecular formula is C13H27N3O2. The number of piperidine rings is 1. The van der Waals surface area contributed by atoms with E-state index in [9.17, 15) is 4.79 Å². The Bertz CT molecular complexity index is 236. The number of aliphatic hydroxyl groups is 1. The second-order valence-electron chi connectivity index (χ2n) is 5.16. The van der Waals surface area contributed by atoms with Crippen molar-refractivity contribution in [3.63, 3.8) is 0 Å². The molecule has 1 saturated heterocycles. The molecule has 1 atom stereocenters. The molecule has 5 nitrogen and oxygen atoms in total. The SMILES string of the molecule is CC1CCCN(CCCNC(=O)NCCCO)C1. The van der Waals surface area contributed by atoms with E-state index in [1.165, 1.54) is 25.9 Å². The van der Waals surface area contributed by atoms with Crippen LogP contribution in [-0.4, -0.2) is 55.4 Å². The van der Waals surface area contributed by atoms with Crippen LogP contribution in [0.25, 0.3) is 0 Å². The Hall–Kier alpha value is -0.810. The van der Waals surface area contributed by atoms with Gasteiger partial charge in [-0.3, -0.25) is 0 Å². The highest BCUT2D eigenvalue weighted by Crippen LogP contribution is 2.15. The monoisotopic (exact) mass is 257 g/mol. The summed E-state index contributed by atoms with van der Waals surface area (Å²) in [5, 5.41) is 14.1. The van der Waals surface area contributed by atoms with E-state index in [1.807, 2.05) is 0 Å². The van der Waals surface area contributed by atoms with E-state index < -0.39 is 0 Å². The molecule has 0 bridgehead atoms. The quantitative estimate of drug-likeness (QED) is 0.591. The maximum atomic E-state index is 11.3. The molecule has 0 aromatic carbocycles. The number of carbonyl (C=O) groups excluding carboxylic acids is 1. The largest absolute Gasteiger partial charge is 0.396 e. The molecule has 0 aromatic heterocycles. The number of rotatable bonds is 7. The zero-order valence-corrected chi connectivity index (χ0v) is 11.5. The molecule has 1 unspecified atom stereocenters. The Labute approximate surface area is 110 Å². The molecule has 1 rings (SSSR count). The van der Waals surface area contributed by atoms with E-state index in [4.69, 9.17) is 5.11 Å². The molecule has 0 aliphatic carbocycles. The molecule has 0 aromatic rings. The van der Waals surface area contributed by atoms with Gasteiger partial charge in [-0.2, -0.15) is 0 Å². The fraction of sp³-hybridized carbons (Fsp3) is 0.923. The molecular weight excluding hydrogens is 230 g/mol. The summed E-state index contributed by atoms with van der Waals surface area (Å²) in [6.07, 6.45) is 4.26. The van der Waals surface area contributed by atoms with Gasteiger partial charge < -0.3 is 20.6 Å². The van der Waals surface area contributed by atoms with Crippen molar-refractivity contribution in [2.45, 2.75) is 32.6 Å². The van der Waals surface area contributed by atoms with Gasteiger partial charge in [-0.1, -0.05) is 6.92 Å². The van der Waals surface area contributed by atoms with Gasteiger partial charge >= 0.3 is 6.03 Å².